The minimum Gasteiger partial charge on any atom is -0.496 e. The molecule has 2 aromatic carbocycles. The number of carbonyl (C=O) groups excluding carboxylic acids is 2. The summed E-state index contributed by atoms with van der Waals surface area (Å²) in [6, 6.07) is 9.16. The van der Waals surface area contributed by atoms with Gasteiger partial charge in [0.2, 0.25) is 0 Å². The van der Waals surface area contributed by atoms with E-state index in [9.17, 15) is 19.7 Å². The van der Waals surface area contributed by atoms with E-state index in [2.05, 4.69) is 0 Å². The highest BCUT2D eigenvalue weighted by molar-refractivity contribution is 5.98. The molecule has 0 spiro atoms. The zero-order valence-electron chi connectivity index (χ0n) is 16.2. The van der Waals surface area contributed by atoms with Gasteiger partial charge < -0.3 is 14.4 Å². The summed E-state index contributed by atoms with van der Waals surface area (Å²) in [5.74, 6) is -0.544. The second-order valence-electron chi connectivity index (χ2n) is 6.22. The van der Waals surface area contributed by atoms with E-state index in [-0.39, 0.29) is 30.0 Å². The predicted molar refractivity (Wildman–Crippen MR) is 103 cm³/mol. The molecule has 0 atom stereocenters. The fourth-order valence-corrected chi connectivity index (χ4v) is 2.75. The molecule has 0 aliphatic carbocycles. The smallest absolute Gasteiger partial charge is 0.338 e. The number of amides is 1. The lowest BCUT2D eigenvalue weighted by molar-refractivity contribution is -0.384. The van der Waals surface area contributed by atoms with E-state index in [1.54, 1.807) is 21.1 Å². The molecule has 2 rings (SSSR count). The van der Waals surface area contributed by atoms with Gasteiger partial charge in [0, 0.05) is 36.9 Å². The van der Waals surface area contributed by atoms with Crippen LogP contribution in [0.1, 0.15) is 38.8 Å². The summed E-state index contributed by atoms with van der Waals surface area (Å²) in [6.45, 7) is 3.92. The van der Waals surface area contributed by atoms with Crippen molar-refractivity contribution in [2.45, 2.75) is 20.4 Å². The van der Waals surface area contributed by atoms with Crippen molar-refractivity contribution in [2.75, 3.05) is 20.8 Å². The van der Waals surface area contributed by atoms with Crippen molar-refractivity contribution in [3.63, 3.8) is 0 Å². The minimum atomic E-state index is -0.719. The average Bonchev–Trinajstić information content (AvgIpc) is 2.67. The number of hydrogen-bond acceptors (Lipinski definition) is 6. The zero-order valence-corrected chi connectivity index (χ0v) is 16.2. The van der Waals surface area contributed by atoms with Crippen LogP contribution in [0.25, 0.3) is 0 Å². The molecule has 0 fully saturated rings. The van der Waals surface area contributed by atoms with E-state index in [0.29, 0.717) is 5.75 Å². The molecule has 0 radical (unpaired) electrons. The summed E-state index contributed by atoms with van der Waals surface area (Å²) in [5, 5.41) is 11.2. The van der Waals surface area contributed by atoms with Crippen molar-refractivity contribution < 1.29 is 24.0 Å². The Balaban J connectivity index is 2.35. The van der Waals surface area contributed by atoms with Crippen LogP contribution in [0.4, 0.5) is 5.69 Å². The zero-order chi connectivity index (χ0) is 20.8. The number of nitrogens with zero attached hydrogens (tertiary/aromatic N) is 2. The highest BCUT2D eigenvalue weighted by Gasteiger charge is 2.21. The molecular weight excluding hydrogens is 364 g/mol. The summed E-state index contributed by atoms with van der Waals surface area (Å²) < 4.78 is 10.2. The van der Waals surface area contributed by atoms with Gasteiger partial charge in [-0.3, -0.25) is 14.9 Å². The first kappa shape index (κ1) is 20.9. The number of carbonyl (C=O) groups is 2. The molecule has 0 aromatic heterocycles. The molecule has 0 unspecified atom stereocenters. The third-order valence-electron chi connectivity index (χ3n) is 4.08. The average molecular weight is 386 g/mol. The van der Waals surface area contributed by atoms with Gasteiger partial charge in [-0.05, 0) is 26.0 Å². The van der Waals surface area contributed by atoms with Crippen LogP contribution in [0.5, 0.6) is 5.75 Å². The lowest BCUT2D eigenvalue weighted by Crippen LogP contribution is -2.27. The molecule has 0 heterocycles. The summed E-state index contributed by atoms with van der Waals surface area (Å²) in [7, 11) is 3.12. The van der Waals surface area contributed by atoms with Gasteiger partial charge in [-0.2, -0.15) is 0 Å². The third-order valence-corrected chi connectivity index (χ3v) is 4.08. The van der Waals surface area contributed by atoms with Crippen molar-refractivity contribution in [3.05, 3.63) is 68.8 Å². The van der Waals surface area contributed by atoms with E-state index in [0.717, 1.165) is 23.3 Å². The molecule has 2 aromatic rings. The number of methoxy groups -OCH3 is 1. The van der Waals surface area contributed by atoms with Crippen molar-refractivity contribution in [1.82, 2.24) is 4.90 Å². The summed E-state index contributed by atoms with van der Waals surface area (Å²) in [5.41, 5.74) is 1.45. The lowest BCUT2D eigenvalue weighted by atomic mass is 10.1. The van der Waals surface area contributed by atoms with Crippen LogP contribution < -0.4 is 4.74 Å². The molecule has 28 heavy (non-hydrogen) atoms. The Morgan fingerprint density at radius 2 is 1.82 bits per heavy atom. The molecule has 0 saturated heterocycles. The van der Waals surface area contributed by atoms with E-state index in [1.165, 1.54) is 11.0 Å². The molecular formula is C20H22N2O6. The lowest BCUT2D eigenvalue weighted by Gasteiger charge is -2.19. The van der Waals surface area contributed by atoms with Gasteiger partial charge in [0.05, 0.1) is 24.2 Å². The fourth-order valence-electron chi connectivity index (χ4n) is 2.75. The van der Waals surface area contributed by atoms with E-state index in [4.69, 9.17) is 9.47 Å². The Morgan fingerprint density at radius 1 is 1.14 bits per heavy atom. The highest BCUT2D eigenvalue weighted by Crippen LogP contribution is 2.23. The predicted octanol–water partition coefficient (Wildman–Crippen LogP) is 3.36. The number of non-ortho nitro benzene ring substituents is 1. The fraction of sp³-hybridized carbons (Fsp3) is 0.300. The standard InChI is InChI=1S/C20H22N2O6/c1-5-28-20(24)15-9-14(10-17(11-15)22(25)26)19(23)21(3)12-16-8-13(2)6-7-18(16)27-4/h6-11H,5,12H2,1-4H3. The molecule has 0 aliphatic rings. The number of benzene rings is 2. The molecule has 0 aliphatic heterocycles. The second-order valence-corrected chi connectivity index (χ2v) is 6.22. The quantitative estimate of drug-likeness (QED) is 0.411. The van der Waals surface area contributed by atoms with Crippen LogP contribution in [0.2, 0.25) is 0 Å². The molecule has 8 heteroatoms. The van der Waals surface area contributed by atoms with Crippen molar-refractivity contribution >= 4 is 17.6 Å². The van der Waals surface area contributed by atoms with Gasteiger partial charge in [-0.25, -0.2) is 4.79 Å². The van der Waals surface area contributed by atoms with E-state index >= 15 is 0 Å². The summed E-state index contributed by atoms with van der Waals surface area (Å²) >= 11 is 0. The minimum absolute atomic E-state index is 0.0337. The number of hydrogen-bond donors (Lipinski definition) is 0. The molecule has 148 valence electrons. The normalized spacial score (nSPS) is 10.3. The summed E-state index contributed by atoms with van der Waals surface area (Å²) in [6.07, 6.45) is 0. The molecule has 0 N–H and O–H groups in total. The van der Waals surface area contributed by atoms with Crippen LogP contribution in [0, 0.1) is 17.0 Å². The van der Waals surface area contributed by atoms with Crippen molar-refractivity contribution in [3.8, 4) is 5.75 Å². The van der Waals surface area contributed by atoms with Gasteiger partial charge in [0.1, 0.15) is 5.75 Å². The van der Waals surface area contributed by atoms with Gasteiger partial charge in [-0.15, -0.1) is 0 Å². The number of nitro benzene ring substituents is 1. The highest BCUT2D eigenvalue weighted by atomic mass is 16.6. The first-order chi connectivity index (χ1) is 13.3. The molecule has 1 amide bonds. The monoisotopic (exact) mass is 386 g/mol. The molecule has 0 saturated carbocycles. The third kappa shape index (κ3) is 4.85. The maximum Gasteiger partial charge on any atom is 0.338 e. The number of esters is 1. The second kappa shape index (κ2) is 8.98. The van der Waals surface area contributed by atoms with Gasteiger partial charge in [0.25, 0.3) is 11.6 Å². The number of nitro groups is 1. The van der Waals surface area contributed by atoms with Gasteiger partial charge >= 0.3 is 5.97 Å². The van der Waals surface area contributed by atoms with Crippen LogP contribution in [-0.4, -0.2) is 42.5 Å². The number of ether oxygens (including phenoxy) is 2. The Hall–Kier alpha value is -3.42. The number of rotatable bonds is 7. The maximum absolute atomic E-state index is 12.9. The SMILES string of the molecule is CCOC(=O)c1cc(C(=O)N(C)Cc2cc(C)ccc2OC)cc([N+](=O)[O-])c1. The van der Waals surface area contributed by atoms with E-state index < -0.39 is 16.8 Å². The van der Waals surface area contributed by atoms with Crippen LogP contribution in [0.15, 0.2) is 36.4 Å². The first-order valence-corrected chi connectivity index (χ1v) is 8.62. The summed E-state index contributed by atoms with van der Waals surface area (Å²) in [4.78, 5) is 36.8. The Kier molecular flexibility index (Phi) is 6.70. The van der Waals surface area contributed by atoms with Crippen LogP contribution in [0.3, 0.4) is 0 Å². The Bertz CT molecular complexity index is 910. The van der Waals surface area contributed by atoms with Crippen LogP contribution in [-0.2, 0) is 11.3 Å². The van der Waals surface area contributed by atoms with Crippen molar-refractivity contribution in [2.24, 2.45) is 0 Å². The number of aryl methyl sites for hydroxylation is 1. The largest absolute Gasteiger partial charge is 0.496 e. The Labute approximate surface area is 162 Å². The maximum atomic E-state index is 12.9. The van der Waals surface area contributed by atoms with E-state index in [1.807, 2.05) is 25.1 Å². The molecule has 0 bridgehead atoms. The molecule has 8 nitrogen and oxygen atoms in total. The first-order valence-electron chi connectivity index (χ1n) is 8.62. The van der Waals surface area contributed by atoms with Crippen LogP contribution >= 0.6 is 0 Å². The van der Waals surface area contributed by atoms with Gasteiger partial charge in [-0.1, -0.05) is 17.7 Å². The van der Waals surface area contributed by atoms with Gasteiger partial charge in [0.15, 0.2) is 0 Å². The van der Waals surface area contributed by atoms with Crippen molar-refractivity contribution in [1.29, 1.82) is 0 Å². The Morgan fingerprint density at radius 3 is 2.43 bits per heavy atom. The topological polar surface area (TPSA) is 99.0 Å².